The maximum Gasteiger partial charge on any atom is 0.111 e. The lowest BCUT2D eigenvalue weighted by molar-refractivity contribution is -0.0575. The second-order valence-corrected chi connectivity index (χ2v) is 3.10. The van der Waals surface area contributed by atoms with Gasteiger partial charge in [0.2, 0.25) is 0 Å². The van der Waals surface area contributed by atoms with E-state index in [1.165, 1.54) is 0 Å². The van der Waals surface area contributed by atoms with E-state index in [1.54, 1.807) is 6.08 Å². The van der Waals surface area contributed by atoms with E-state index in [-0.39, 0.29) is 0 Å². The molecule has 0 fully saturated rings. The Hall–Kier alpha value is -0.420. The molecule has 0 saturated carbocycles. The van der Waals surface area contributed by atoms with Crippen molar-refractivity contribution in [2.75, 3.05) is 0 Å². The molecule has 0 amide bonds. The van der Waals surface area contributed by atoms with Crippen molar-refractivity contribution in [1.29, 1.82) is 0 Å². The Morgan fingerprint density at radius 2 is 1.92 bits per heavy atom. The van der Waals surface area contributed by atoms with E-state index in [0.717, 1.165) is 0 Å². The van der Waals surface area contributed by atoms with Gasteiger partial charge in [0.25, 0.3) is 0 Å². The molecule has 4 nitrogen and oxygen atoms in total. The van der Waals surface area contributed by atoms with Crippen LogP contribution in [0.25, 0.3) is 0 Å². The van der Waals surface area contributed by atoms with E-state index in [1.807, 2.05) is 6.92 Å². The first-order chi connectivity index (χ1) is 5.57. The molecular formula is C8H15NO3. The first kappa shape index (κ1) is 9.67. The van der Waals surface area contributed by atoms with Crippen LogP contribution in [0.3, 0.4) is 0 Å². The molecule has 0 saturated heterocycles. The van der Waals surface area contributed by atoms with Gasteiger partial charge in [0.15, 0.2) is 0 Å². The molecule has 0 aliphatic heterocycles. The molecule has 2 unspecified atom stereocenters. The predicted molar refractivity (Wildman–Crippen MR) is 44.4 cm³/mol. The lowest BCUT2D eigenvalue weighted by Gasteiger charge is -2.32. The quantitative estimate of drug-likeness (QED) is 0.373. The average Bonchev–Trinajstić information content (AvgIpc) is 2.08. The van der Waals surface area contributed by atoms with Crippen molar-refractivity contribution in [1.82, 2.24) is 0 Å². The summed E-state index contributed by atoms with van der Waals surface area (Å²) in [7, 11) is 0. The molecule has 0 radical (unpaired) electrons. The van der Waals surface area contributed by atoms with E-state index in [0.29, 0.717) is 12.0 Å². The van der Waals surface area contributed by atoms with Crippen LogP contribution in [0.1, 0.15) is 13.3 Å². The van der Waals surface area contributed by atoms with Crippen LogP contribution in [0.15, 0.2) is 11.6 Å². The second kappa shape index (κ2) is 3.53. The van der Waals surface area contributed by atoms with Gasteiger partial charge < -0.3 is 21.1 Å². The third-order valence-electron chi connectivity index (χ3n) is 2.26. The number of aliphatic hydroxyl groups is 3. The topological polar surface area (TPSA) is 86.7 Å². The summed E-state index contributed by atoms with van der Waals surface area (Å²) < 4.78 is 0. The van der Waals surface area contributed by atoms with Crippen molar-refractivity contribution in [3.8, 4) is 0 Å². The smallest absolute Gasteiger partial charge is 0.111 e. The Bertz CT molecular complexity index is 193. The lowest BCUT2D eigenvalue weighted by Crippen LogP contribution is -2.51. The average molecular weight is 173 g/mol. The van der Waals surface area contributed by atoms with Crippen LogP contribution < -0.4 is 5.73 Å². The first-order valence-corrected chi connectivity index (χ1v) is 4.08. The van der Waals surface area contributed by atoms with Gasteiger partial charge in [0.1, 0.15) is 18.3 Å². The van der Waals surface area contributed by atoms with Crippen LogP contribution in [0.4, 0.5) is 0 Å². The van der Waals surface area contributed by atoms with Crippen LogP contribution in [0.5, 0.6) is 0 Å². The van der Waals surface area contributed by atoms with Crippen molar-refractivity contribution in [2.24, 2.45) is 5.73 Å². The van der Waals surface area contributed by atoms with E-state index >= 15 is 0 Å². The third kappa shape index (κ3) is 1.51. The van der Waals surface area contributed by atoms with E-state index < -0.39 is 24.4 Å². The van der Waals surface area contributed by atoms with Gasteiger partial charge in [-0.15, -0.1) is 0 Å². The normalized spacial score (nSPS) is 42.6. The second-order valence-electron chi connectivity index (χ2n) is 3.10. The Labute approximate surface area is 71.3 Å². The molecule has 0 heterocycles. The zero-order chi connectivity index (χ0) is 9.30. The maximum atomic E-state index is 9.39. The fourth-order valence-electron chi connectivity index (χ4n) is 1.41. The molecule has 70 valence electrons. The van der Waals surface area contributed by atoms with Crippen molar-refractivity contribution in [3.63, 3.8) is 0 Å². The van der Waals surface area contributed by atoms with Crippen molar-refractivity contribution >= 4 is 0 Å². The van der Waals surface area contributed by atoms with Gasteiger partial charge in [-0.3, -0.25) is 0 Å². The Balaban J connectivity index is 2.84. The molecule has 1 rings (SSSR count). The van der Waals surface area contributed by atoms with Gasteiger partial charge in [0, 0.05) is 0 Å². The van der Waals surface area contributed by atoms with E-state index in [9.17, 15) is 15.3 Å². The summed E-state index contributed by atoms with van der Waals surface area (Å²) >= 11 is 0. The number of rotatable bonds is 1. The number of nitrogens with two attached hydrogens (primary N) is 1. The van der Waals surface area contributed by atoms with Crippen LogP contribution in [0.2, 0.25) is 0 Å². The highest BCUT2D eigenvalue weighted by Crippen LogP contribution is 2.21. The van der Waals surface area contributed by atoms with Gasteiger partial charge >= 0.3 is 0 Å². The SMILES string of the molecule is CCC1=CC(N)[C@@H](O)C(O)[C@H]1O. The van der Waals surface area contributed by atoms with Gasteiger partial charge in [-0.1, -0.05) is 13.0 Å². The summed E-state index contributed by atoms with van der Waals surface area (Å²) in [5.74, 6) is 0. The third-order valence-corrected chi connectivity index (χ3v) is 2.26. The molecule has 0 aromatic rings. The Kier molecular flexibility index (Phi) is 2.85. The fraction of sp³-hybridized carbons (Fsp3) is 0.750. The highest BCUT2D eigenvalue weighted by molar-refractivity contribution is 5.20. The molecule has 1 aliphatic rings. The summed E-state index contributed by atoms with van der Waals surface area (Å²) in [5.41, 5.74) is 6.19. The van der Waals surface area contributed by atoms with Crippen LogP contribution >= 0.6 is 0 Å². The Morgan fingerprint density at radius 1 is 1.33 bits per heavy atom. The zero-order valence-electron chi connectivity index (χ0n) is 7.01. The van der Waals surface area contributed by atoms with Crippen LogP contribution in [-0.2, 0) is 0 Å². The van der Waals surface area contributed by atoms with Crippen molar-refractivity contribution < 1.29 is 15.3 Å². The Morgan fingerprint density at radius 3 is 2.42 bits per heavy atom. The standard InChI is InChI=1S/C8H15NO3/c1-2-4-3-5(9)7(11)8(12)6(4)10/h3,5-8,10-12H,2,9H2,1H3/t5?,6-,7+,8?/m0/s1. The molecule has 1 aliphatic carbocycles. The first-order valence-electron chi connectivity index (χ1n) is 4.08. The van der Waals surface area contributed by atoms with Gasteiger partial charge in [-0.05, 0) is 12.0 Å². The van der Waals surface area contributed by atoms with Crippen LogP contribution in [0, 0.1) is 0 Å². The molecule has 5 N–H and O–H groups in total. The molecular weight excluding hydrogens is 158 g/mol. The van der Waals surface area contributed by atoms with E-state index in [4.69, 9.17) is 5.73 Å². The highest BCUT2D eigenvalue weighted by atomic mass is 16.4. The molecule has 4 atom stereocenters. The van der Waals surface area contributed by atoms with Crippen LogP contribution in [-0.4, -0.2) is 39.7 Å². The molecule has 0 spiro atoms. The predicted octanol–water partition coefficient (Wildman–Crippen LogP) is -1.25. The summed E-state index contributed by atoms with van der Waals surface area (Å²) in [6, 6.07) is -0.571. The zero-order valence-corrected chi connectivity index (χ0v) is 7.01. The largest absolute Gasteiger partial charge is 0.388 e. The lowest BCUT2D eigenvalue weighted by atomic mass is 9.87. The van der Waals surface area contributed by atoms with Gasteiger partial charge in [0.05, 0.1) is 6.04 Å². The molecule has 0 aromatic heterocycles. The van der Waals surface area contributed by atoms with Gasteiger partial charge in [-0.25, -0.2) is 0 Å². The molecule has 0 aromatic carbocycles. The maximum absolute atomic E-state index is 9.39. The van der Waals surface area contributed by atoms with Crippen molar-refractivity contribution in [2.45, 2.75) is 37.7 Å². The van der Waals surface area contributed by atoms with Crippen molar-refractivity contribution in [3.05, 3.63) is 11.6 Å². The summed E-state index contributed by atoms with van der Waals surface area (Å²) in [4.78, 5) is 0. The minimum absolute atomic E-state index is 0.571. The molecule has 4 heteroatoms. The summed E-state index contributed by atoms with van der Waals surface area (Å²) in [5, 5.41) is 27.9. The monoisotopic (exact) mass is 173 g/mol. The minimum atomic E-state index is -1.15. The number of aliphatic hydroxyl groups excluding tert-OH is 3. The minimum Gasteiger partial charge on any atom is -0.388 e. The summed E-state index contributed by atoms with van der Waals surface area (Å²) in [6.07, 6.45) is -0.930. The van der Waals surface area contributed by atoms with Gasteiger partial charge in [-0.2, -0.15) is 0 Å². The summed E-state index contributed by atoms with van der Waals surface area (Å²) in [6.45, 7) is 1.87. The molecule has 12 heavy (non-hydrogen) atoms. The number of hydrogen-bond donors (Lipinski definition) is 4. The van der Waals surface area contributed by atoms with E-state index in [2.05, 4.69) is 0 Å². The highest BCUT2D eigenvalue weighted by Gasteiger charge is 2.34. The number of hydrogen-bond acceptors (Lipinski definition) is 4. The molecule has 0 bridgehead atoms. The fourth-order valence-corrected chi connectivity index (χ4v) is 1.41.